The van der Waals surface area contributed by atoms with Crippen LogP contribution < -0.4 is 16.0 Å². The van der Waals surface area contributed by atoms with E-state index in [2.05, 4.69) is 34.7 Å². The number of anilines is 2. The van der Waals surface area contributed by atoms with Gasteiger partial charge in [-0.25, -0.2) is 0 Å². The van der Waals surface area contributed by atoms with E-state index < -0.39 is 5.91 Å². The van der Waals surface area contributed by atoms with Gasteiger partial charge in [0.05, 0.1) is 29.9 Å². The standard InChI is InChI=1S/C29H26N6O2.ClH/c30-12-11-20-3-1-4-22(15-20)16-21-7-9-25(10-8-21)34-13-14-35-27(29(34)37)26(19-32-35)28(36)33-24-6-2-5-23(17-24)18-31;/h1-10,15,17,19H,11-14,16,30H2,(H,33,36);1H. The van der Waals surface area contributed by atoms with Crippen LogP contribution in [0.25, 0.3) is 0 Å². The Kier molecular flexibility index (Phi) is 8.22. The van der Waals surface area contributed by atoms with Crippen molar-refractivity contribution in [2.45, 2.75) is 19.4 Å². The first-order valence-electron chi connectivity index (χ1n) is 12.1. The zero-order valence-electron chi connectivity index (χ0n) is 20.6. The van der Waals surface area contributed by atoms with Gasteiger partial charge in [-0.1, -0.05) is 42.5 Å². The molecule has 38 heavy (non-hydrogen) atoms. The number of carbonyl (C=O) groups is 2. The molecule has 0 atom stereocenters. The van der Waals surface area contributed by atoms with Crippen LogP contribution in [0, 0.1) is 11.3 Å². The number of nitrogens with two attached hydrogens (primary N) is 1. The molecular weight excluding hydrogens is 500 g/mol. The van der Waals surface area contributed by atoms with E-state index in [4.69, 9.17) is 11.0 Å². The molecule has 1 aliphatic heterocycles. The lowest BCUT2D eigenvalue weighted by Crippen LogP contribution is -2.41. The number of halogens is 1. The fourth-order valence-electron chi connectivity index (χ4n) is 4.57. The number of nitrogens with zero attached hydrogens (tertiary/aromatic N) is 4. The summed E-state index contributed by atoms with van der Waals surface area (Å²) in [4.78, 5) is 28.1. The Morgan fingerprint density at radius 1 is 1.00 bits per heavy atom. The molecule has 1 aliphatic rings. The number of nitriles is 1. The fraction of sp³-hybridized carbons (Fsp3) is 0.172. The molecule has 0 spiro atoms. The molecule has 3 aromatic carbocycles. The van der Waals surface area contributed by atoms with Crippen LogP contribution in [-0.2, 0) is 19.4 Å². The summed E-state index contributed by atoms with van der Waals surface area (Å²) in [5, 5.41) is 16.1. The number of carbonyl (C=O) groups excluding carboxylic acids is 2. The highest BCUT2D eigenvalue weighted by Crippen LogP contribution is 2.25. The summed E-state index contributed by atoms with van der Waals surface area (Å²) >= 11 is 0. The van der Waals surface area contributed by atoms with Gasteiger partial charge in [-0.2, -0.15) is 10.4 Å². The third-order valence-corrected chi connectivity index (χ3v) is 6.40. The van der Waals surface area contributed by atoms with Gasteiger partial charge in [0.25, 0.3) is 11.8 Å². The first kappa shape index (κ1) is 26.6. The van der Waals surface area contributed by atoms with Gasteiger partial charge in [0.2, 0.25) is 0 Å². The molecule has 0 saturated carbocycles. The van der Waals surface area contributed by atoms with Gasteiger partial charge in [-0.05, 0) is 66.4 Å². The van der Waals surface area contributed by atoms with Gasteiger partial charge in [0.15, 0.2) is 0 Å². The van der Waals surface area contributed by atoms with Gasteiger partial charge < -0.3 is 16.0 Å². The van der Waals surface area contributed by atoms with Crippen LogP contribution in [0.2, 0.25) is 0 Å². The lowest BCUT2D eigenvalue weighted by Gasteiger charge is -2.28. The minimum absolute atomic E-state index is 0. The fourth-order valence-corrected chi connectivity index (χ4v) is 4.57. The van der Waals surface area contributed by atoms with Gasteiger partial charge in [-0.3, -0.25) is 14.3 Å². The second kappa shape index (κ2) is 11.7. The van der Waals surface area contributed by atoms with E-state index >= 15 is 0 Å². The van der Waals surface area contributed by atoms with Crippen molar-refractivity contribution in [1.29, 1.82) is 5.26 Å². The molecule has 0 unspecified atom stereocenters. The number of hydrogen-bond acceptors (Lipinski definition) is 5. The Labute approximate surface area is 227 Å². The smallest absolute Gasteiger partial charge is 0.277 e. The van der Waals surface area contributed by atoms with Crippen molar-refractivity contribution >= 4 is 35.6 Å². The lowest BCUT2D eigenvalue weighted by molar-refractivity contribution is 0.0947. The van der Waals surface area contributed by atoms with Gasteiger partial charge in [0.1, 0.15) is 5.69 Å². The highest BCUT2D eigenvalue weighted by Gasteiger charge is 2.32. The highest BCUT2D eigenvalue weighted by atomic mass is 35.5. The van der Waals surface area contributed by atoms with Crippen molar-refractivity contribution < 1.29 is 9.59 Å². The molecular formula is C29H27ClN6O2. The Morgan fingerprint density at radius 2 is 1.76 bits per heavy atom. The summed E-state index contributed by atoms with van der Waals surface area (Å²) in [5.41, 5.74) is 11.4. The molecule has 2 heterocycles. The van der Waals surface area contributed by atoms with Crippen molar-refractivity contribution in [3.05, 3.63) is 113 Å². The highest BCUT2D eigenvalue weighted by molar-refractivity contribution is 6.15. The zero-order valence-corrected chi connectivity index (χ0v) is 21.4. The molecule has 1 aromatic heterocycles. The largest absolute Gasteiger partial charge is 0.330 e. The number of aromatic nitrogens is 2. The molecule has 3 N–H and O–H groups in total. The average molecular weight is 527 g/mol. The minimum Gasteiger partial charge on any atom is -0.330 e. The van der Waals surface area contributed by atoms with Crippen LogP contribution in [0.5, 0.6) is 0 Å². The molecule has 0 radical (unpaired) electrons. The third kappa shape index (κ3) is 5.59. The van der Waals surface area contributed by atoms with Crippen molar-refractivity contribution in [2.24, 2.45) is 5.73 Å². The summed E-state index contributed by atoms with van der Waals surface area (Å²) in [6.07, 6.45) is 3.06. The number of benzene rings is 3. The summed E-state index contributed by atoms with van der Waals surface area (Å²) in [7, 11) is 0. The van der Waals surface area contributed by atoms with E-state index in [0.717, 1.165) is 24.1 Å². The van der Waals surface area contributed by atoms with E-state index in [1.165, 1.54) is 17.3 Å². The zero-order chi connectivity index (χ0) is 25.8. The third-order valence-electron chi connectivity index (χ3n) is 6.40. The number of amides is 2. The van der Waals surface area contributed by atoms with Crippen LogP contribution in [0.1, 0.15) is 43.1 Å². The number of rotatable bonds is 7. The van der Waals surface area contributed by atoms with Crippen molar-refractivity contribution in [1.82, 2.24) is 9.78 Å². The predicted octanol–water partition coefficient (Wildman–Crippen LogP) is 4.18. The lowest BCUT2D eigenvalue weighted by atomic mass is 10.0. The van der Waals surface area contributed by atoms with Crippen LogP contribution in [0.15, 0.2) is 79.0 Å². The van der Waals surface area contributed by atoms with Gasteiger partial charge in [-0.15, -0.1) is 12.4 Å². The maximum atomic E-state index is 13.5. The molecule has 2 amide bonds. The molecule has 5 rings (SSSR count). The number of hydrogen-bond donors (Lipinski definition) is 2. The van der Waals surface area contributed by atoms with E-state index in [1.54, 1.807) is 33.8 Å². The summed E-state index contributed by atoms with van der Waals surface area (Å²) in [6.45, 7) is 1.56. The maximum Gasteiger partial charge on any atom is 0.277 e. The first-order valence-corrected chi connectivity index (χ1v) is 12.1. The molecule has 0 bridgehead atoms. The van der Waals surface area contributed by atoms with Crippen LogP contribution in [-0.4, -0.2) is 34.7 Å². The topological polar surface area (TPSA) is 117 Å². The maximum absolute atomic E-state index is 13.5. The molecule has 9 heteroatoms. The van der Waals surface area contributed by atoms with Gasteiger partial charge in [0, 0.05) is 17.9 Å². The van der Waals surface area contributed by atoms with Crippen molar-refractivity contribution in [2.75, 3.05) is 23.3 Å². The second-order valence-corrected chi connectivity index (χ2v) is 8.94. The molecule has 192 valence electrons. The van der Waals surface area contributed by atoms with Crippen LogP contribution >= 0.6 is 12.4 Å². The second-order valence-electron chi connectivity index (χ2n) is 8.94. The van der Waals surface area contributed by atoms with Crippen LogP contribution in [0.4, 0.5) is 11.4 Å². The average Bonchev–Trinajstić information content (AvgIpc) is 3.35. The quantitative estimate of drug-likeness (QED) is 0.374. The van der Waals surface area contributed by atoms with E-state index in [0.29, 0.717) is 30.9 Å². The SMILES string of the molecule is Cl.N#Cc1cccc(NC(=O)c2cnn3c2C(=O)N(c2ccc(Cc4cccc(CCN)c4)cc2)CC3)c1. The Morgan fingerprint density at radius 3 is 2.53 bits per heavy atom. The van der Waals surface area contributed by atoms with E-state index in [9.17, 15) is 9.59 Å². The molecule has 0 fully saturated rings. The molecule has 0 aliphatic carbocycles. The summed E-state index contributed by atoms with van der Waals surface area (Å²) in [5.74, 6) is -0.722. The Balaban J connectivity index is 0.00000336. The predicted molar refractivity (Wildman–Crippen MR) is 149 cm³/mol. The Hall–Kier alpha value is -4.45. The van der Waals surface area contributed by atoms with Crippen molar-refractivity contribution in [3.63, 3.8) is 0 Å². The van der Waals surface area contributed by atoms with Crippen molar-refractivity contribution in [3.8, 4) is 6.07 Å². The summed E-state index contributed by atoms with van der Waals surface area (Å²) < 4.78 is 1.57. The normalized spacial score (nSPS) is 12.3. The molecule has 0 saturated heterocycles. The van der Waals surface area contributed by atoms with E-state index in [-0.39, 0.29) is 29.6 Å². The molecule has 8 nitrogen and oxygen atoms in total. The Bertz CT molecular complexity index is 1510. The monoisotopic (exact) mass is 526 g/mol. The number of fused-ring (bicyclic) bond motifs is 1. The molecule has 4 aromatic rings. The minimum atomic E-state index is -0.446. The summed E-state index contributed by atoms with van der Waals surface area (Å²) in [6, 6.07) is 25.0. The number of nitrogens with one attached hydrogen (secondary N) is 1. The van der Waals surface area contributed by atoms with E-state index in [1.807, 2.05) is 30.3 Å². The first-order chi connectivity index (χ1) is 18.1. The van der Waals surface area contributed by atoms with Gasteiger partial charge >= 0.3 is 0 Å². The van der Waals surface area contributed by atoms with Crippen LogP contribution in [0.3, 0.4) is 0 Å².